The number of carbonyl (C=O) groups is 1. The number of benzene rings is 1. The molecule has 0 spiro atoms. The second-order valence-electron chi connectivity index (χ2n) is 12.5. The number of nitrogens with zero attached hydrogens (tertiary/aromatic N) is 2. The predicted molar refractivity (Wildman–Crippen MR) is 154 cm³/mol. The molecule has 0 bridgehead atoms. The highest BCUT2D eigenvalue weighted by Crippen LogP contribution is 2.40. The number of thioether (sulfide) groups is 1. The third-order valence-corrected chi connectivity index (χ3v) is 11.0. The van der Waals surface area contributed by atoms with E-state index in [1.807, 2.05) is 23.9 Å². The van der Waals surface area contributed by atoms with Gasteiger partial charge < -0.3 is 10.0 Å². The Morgan fingerprint density at radius 3 is 2.45 bits per heavy atom. The molecule has 0 aromatic heterocycles. The molecule has 4 nitrogen and oxygen atoms in total. The molecule has 1 saturated carbocycles. The van der Waals surface area contributed by atoms with Crippen molar-refractivity contribution in [3.05, 3.63) is 42.2 Å². The summed E-state index contributed by atoms with van der Waals surface area (Å²) in [5, 5.41) is 10.1. The van der Waals surface area contributed by atoms with Gasteiger partial charge in [0.25, 0.3) is 0 Å². The fourth-order valence-corrected chi connectivity index (χ4v) is 8.36. The van der Waals surface area contributed by atoms with Crippen LogP contribution in [-0.2, 0) is 4.79 Å². The summed E-state index contributed by atoms with van der Waals surface area (Å²) in [6.07, 6.45) is 18.1. The van der Waals surface area contributed by atoms with E-state index >= 15 is 0 Å². The first-order chi connectivity index (χ1) is 18.5. The second kappa shape index (κ2) is 13.8. The maximum atomic E-state index is 13.1. The van der Waals surface area contributed by atoms with Gasteiger partial charge in [0.2, 0.25) is 0 Å². The van der Waals surface area contributed by atoms with Crippen LogP contribution in [-0.4, -0.2) is 65.4 Å². The Morgan fingerprint density at radius 1 is 1.00 bits per heavy atom. The molecule has 1 aromatic rings. The molecule has 1 aromatic carbocycles. The van der Waals surface area contributed by atoms with Crippen LogP contribution in [0.25, 0.3) is 0 Å². The van der Waals surface area contributed by atoms with Crippen molar-refractivity contribution in [2.45, 2.75) is 81.6 Å². The van der Waals surface area contributed by atoms with Crippen molar-refractivity contribution in [1.29, 1.82) is 0 Å². The summed E-state index contributed by atoms with van der Waals surface area (Å²) in [6, 6.07) is 6.58. The van der Waals surface area contributed by atoms with Crippen LogP contribution < -0.4 is 0 Å². The van der Waals surface area contributed by atoms with Gasteiger partial charge in [-0.15, -0.1) is 11.8 Å². The molecule has 2 aliphatic heterocycles. The zero-order chi connectivity index (χ0) is 26.3. The maximum absolute atomic E-state index is 13.1. The first kappa shape index (κ1) is 28.2. The fourth-order valence-electron chi connectivity index (χ4n) is 7.34. The molecule has 0 radical (unpaired) electrons. The Kier molecular flexibility index (Phi) is 10.2. The summed E-state index contributed by atoms with van der Waals surface area (Å²) in [5.74, 6) is 3.60. The smallest absolute Gasteiger partial charge is 0.320 e. The molecule has 2 heterocycles. The van der Waals surface area contributed by atoms with Crippen molar-refractivity contribution in [3.8, 4) is 0 Å². The third kappa shape index (κ3) is 7.63. The van der Waals surface area contributed by atoms with E-state index in [2.05, 4.69) is 22.0 Å². The quantitative estimate of drug-likeness (QED) is 0.229. The molecular weight excluding hydrogens is 495 g/mol. The van der Waals surface area contributed by atoms with E-state index in [9.17, 15) is 14.3 Å². The van der Waals surface area contributed by atoms with Crippen LogP contribution in [0.15, 0.2) is 41.3 Å². The lowest BCUT2D eigenvalue weighted by atomic mass is 9.77. The van der Waals surface area contributed by atoms with Crippen molar-refractivity contribution in [2.75, 3.05) is 38.5 Å². The number of halogens is 1. The highest BCUT2D eigenvalue weighted by molar-refractivity contribution is 7.99. The van der Waals surface area contributed by atoms with Gasteiger partial charge in [-0.3, -0.25) is 9.69 Å². The number of piperidine rings is 1. The van der Waals surface area contributed by atoms with Crippen LogP contribution in [0.5, 0.6) is 0 Å². The summed E-state index contributed by atoms with van der Waals surface area (Å²) in [5.41, 5.74) is 0. The van der Waals surface area contributed by atoms with Crippen LogP contribution in [0, 0.1) is 35.4 Å². The molecule has 2 aliphatic carbocycles. The first-order valence-corrected chi connectivity index (χ1v) is 16.3. The molecule has 2 saturated heterocycles. The van der Waals surface area contributed by atoms with Gasteiger partial charge in [-0.05, 0) is 131 Å². The second-order valence-corrected chi connectivity index (χ2v) is 13.6. The first-order valence-electron chi connectivity index (χ1n) is 15.3. The van der Waals surface area contributed by atoms with Crippen molar-refractivity contribution in [3.63, 3.8) is 0 Å². The van der Waals surface area contributed by atoms with Crippen LogP contribution in [0.4, 0.5) is 4.39 Å². The van der Waals surface area contributed by atoms with E-state index in [0.717, 1.165) is 42.6 Å². The summed E-state index contributed by atoms with van der Waals surface area (Å²) in [4.78, 5) is 18.5. The number of hydrogen-bond donors (Lipinski definition) is 1. The molecule has 4 aliphatic rings. The van der Waals surface area contributed by atoms with Crippen molar-refractivity contribution in [2.24, 2.45) is 29.6 Å². The molecule has 4 atom stereocenters. The lowest BCUT2D eigenvalue weighted by Crippen LogP contribution is -2.42. The zero-order valence-electron chi connectivity index (χ0n) is 23.0. The molecule has 0 amide bonds. The number of rotatable bonds is 12. The van der Waals surface area contributed by atoms with Crippen molar-refractivity contribution < 1.29 is 14.3 Å². The summed E-state index contributed by atoms with van der Waals surface area (Å²) >= 11 is 1.85. The monoisotopic (exact) mass is 542 g/mol. The Hall–Kier alpha value is -1.37. The number of likely N-dealkylation sites (tertiary alicyclic amines) is 2. The minimum atomic E-state index is -0.602. The van der Waals surface area contributed by atoms with E-state index in [1.165, 1.54) is 77.3 Å². The number of aliphatic carboxylic acids is 1. The molecular formula is C32H47FN2O2S. The number of carboxylic acids is 1. The van der Waals surface area contributed by atoms with Gasteiger partial charge in [-0.2, -0.15) is 0 Å². The SMILES string of the molecule is O=C(O)[C@@H](CC1CCC1)N1CC(CCN2CCC(CCSc3ccc(F)cc3)CC2)[C@@H](C2C=CCCC2)C1. The van der Waals surface area contributed by atoms with Gasteiger partial charge >= 0.3 is 5.97 Å². The normalized spacial score (nSPS) is 28.4. The van der Waals surface area contributed by atoms with E-state index < -0.39 is 5.97 Å². The third-order valence-electron chi connectivity index (χ3n) is 10.0. The standard InChI is InChI=1S/C32H47FN2O2S/c33-28-9-11-29(12-10-28)38-20-16-24-13-17-34(18-14-24)19-15-27-22-35(23-30(27)26-7-2-1-3-8-26)31(32(36)37)21-25-5-4-6-25/h2,7,9-12,24-27,30-31H,1,3-6,8,13-23H2,(H,36,37)/t26?,27?,30-,31-/m1/s1. The van der Waals surface area contributed by atoms with Crippen LogP contribution in [0.2, 0.25) is 0 Å². The Bertz CT molecular complexity index is 913. The van der Waals surface area contributed by atoms with Crippen molar-refractivity contribution >= 4 is 17.7 Å². The number of carboxylic acid groups (broad SMARTS) is 1. The summed E-state index contributed by atoms with van der Waals surface area (Å²) in [7, 11) is 0. The molecule has 38 heavy (non-hydrogen) atoms. The molecule has 6 heteroatoms. The minimum Gasteiger partial charge on any atom is -0.480 e. The van der Waals surface area contributed by atoms with E-state index in [0.29, 0.717) is 23.7 Å². The lowest BCUT2D eigenvalue weighted by molar-refractivity contribution is -0.144. The average Bonchev–Trinajstić information content (AvgIpc) is 3.33. The largest absolute Gasteiger partial charge is 0.480 e. The number of hydrogen-bond acceptors (Lipinski definition) is 4. The summed E-state index contributed by atoms with van der Waals surface area (Å²) in [6.45, 7) is 5.47. The van der Waals surface area contributed by atoms with Crippen molar-refractivity contribution in [1.82, 2.24) is 9.80 Å². The highest BCUT2D eigenvalue weighted by atomic mass is 32.2. The molecule has 3 fully saturated rings. The fraction of sp³-hybridized carbons (Fsp3) is 0.719. The van der Waals surface area contributed by atoms with E-state index in [1.54, 1.807) is 12.1 Å². The molecule has 5 rings (SSSR count). The average molecular weight is 543 g/mol. The maximum Gasteiger partial charge on any atom is 0.320 e. The molecule has 1 N–H and O–H groups in total. The minimum absolute atomic E-state index is 0.163. The van der Waals surface area contributed by atoms with Crippen LogP contribution in [0.3, 0.4) is 0 Å². The molecule has 210 valence electrons. The van der Waals surface area contributed by atoms with Gasteiger partial charge in [-0.1, -0.05) is 31.4 Å². The van der Waals surface area contributed by atoms with E-state index in [-0.39, 0.29) is 11.9 Å². The van der Waals surface area contributed by atoms with Crippen LogP contribution in [0.1, 0.15) is 70.6 Å². The number of allylic oxidation sites excluding steroid dienone is 2. The van der Waals surface area contributed by atoms with Crippen LogP contribution >= 0.6 is 11.8 Å². The zero-order valence-corrected chi connectivity index (χ0v) is 23.8. The van der Waals surface area contributed by atoms with Gasteiger partial charge in [-0.25, -0.2) is 4.39 Å². The van der Waals surface area contributed by atoms with Gasteiger partial charge in [0, 0.05) is 18.0 Å². The Labute approximate surface area is 233 Å². The highest BCUT2D eigenvalue weighted by Gasteiger charge is 2.42. The Balaban J connectivity index is 1.09. The predicted octanol–water partition coefficient (Wildman–Crippen LogP) is 6.96. The topological polar surface area (TPSA) is 43.8 Å². The lowest BCUT2D eigenvalue weighted by Gasteiger charge is -2.34. The summed E-state index contributed by atoms with van der Waals surface area (Å²) < 4.78 is 13.1. The van der Waals surface area contributed by atoms with Gasteiger partial charge in [0.15, 0.2) is 0 Å². The van der Waals surface area contributed by atoms with E-state index in [4.69, 9.17) is 0 Å². The van der Waals surface area contributed by atoms with Gasteiger partial charge in [0.1, 0.15) is 11.9 Å². The van der Waals surface area contributed by atoms with Gasteiger partial charge in [0.05, 0.1) is 0 Å². The Morgan fingerprint density at radius 2 is 1.79 bits per heavy atom. The molecule has 2 unspecified atom stereocenters.